The fraction of sp³-hybridized carbons (Fsp3) is 0.294. The van der Waals surface area contributed by atoms with Crippen molar-refractivity contribution < 1.29 is 9.90 Å². The van der Waals surface area contributed by atoms with Crippen molar-refractivity contribution in [3.05, 3.63) is 46.5 Å². The van der Waals surface area contributed by atoms with Crippen molar-refractivity contribution in [2.24, 2.45) is 0 Å². The lowest BCUT2D eigenvalue weighted by molar-refractivity contribution is 0.245. The van der Waals surface area contributed by atoms with Gasteiger partial charge in [0.2, 0.25) is 0 Å². The summed E-state index contributed by atoms with van der Waals surface area (Å²) in [6.45, 7) is 4.03. The summed E-state index contributed by atoms with van der Waals surface area (Å²) < 4.78 is 0. The molecular weight excluding hydrogens is 310 g/mol. The third-order valence-electron chi connectivity index (χ3n) is 3.55. The largest absolute Gasteiger partial charge is 0.395 e. The van der Waals surface area contributed by atoms with E-state index in [4.69, 9.17) is 11.5 Å². The van der Waals surface area contributed by atoms with Gasteiger partial charge in [0.25, 0.3) is 0 Å². The van der Waals surface area contributed by atoms with Gasteiger partial charge in [0.1, 0.15) is 0 Å². The second kappa shape index (κ2) is 7.27. The van der Waals surface area contributed by atoms with Gasteiger partial charge in [-0.05, 0) is 19.4 Å². The molecule has 0 fully saturated rings. The highest BCUT2D eigenvalue weighted by atomic mass is 32.1. The molecule has 1 aromatic carbocycles. The Morgan fingerprint density at radius 3 is 2.74 bits per heavy atom. The first-order chi connectivity index (χ1) is 11.0. The molecule has 6 heteroatoms. The summed E-state index contributed by atoms with van der Waals surface area (Å²) in [5.41, 5.74) is 2.19. The highest BCUT2D eigenvalue weighted by Gasteiger charge is 2.29. The number of urea groups is 1. The molecule has 2 rings (SSSR count). The summed E-state index contributed by atoms with van der Waals surface area (Å²) in [5, 5.41) is 16.1. The van der Waals surface area contributed by atoms with Gasteiger partial charge in [0.05, 0.1) is 17.7 Å². The molecule has 2 amide bonds. The van der Waals surface area contributed by atoms with Gasteiger partial charge in [-0.15, -0.1) is 17.8 Å². The fourth-order valence-electron chi connectivity index (χ4n) is 2.06. The van der Waals surface area contributed by atoms with E-state index in [9.17, 15) is 4.79 Å². The molecule has 0 bridgehead atoms. The minimum atomic E-state index is -0.661. The van der Waals surface area contributed by atoms with Crippen molar-refractivity contribution in [1.29, 1.82) is 0 Å². The van der Waals surface area contributed by atoms with Crippen molar-refractivity contribution in [2.45, 2.75) is 19.3 Å². The highest BCUT2D eigenvalue weighted by Crippen LogP contribution is 2.33. The Morgan fingerprint density at radius 2 is 2.13 bits per heavy atom. The van der Waals surface area contributed by atoms with Crippen LogP contribution in [-0.4, -0.2) is 29.3 Å². The number of carbonyl (C=O) groups excluding carboxylic acids is 1. The highest BCUT2D eigenvalue weighted by molar-refractivity contribution is 7.14. The number of benzene rings is 1. The van der Waals surface area contributed by atoms with Gasteiger partial charge < -0.3 is 10.4 Å². The van der Waals surface area contributed by atoms with Crippen LogP contribution in [-0.2, 0) is 5.41 Å². The number of aliphatic hydroxyl groups is 1. The number of nitrogens with zero attached hydrogens (tertiary/aromatic N) is 1. The van der Waals surface area contributed by atoms with Crippen LogP contribution in [0.15, 0.2) is 29.6 Å². The van der Waals surface area contributed by atoms with E-state index in [1.54, 1.807) is 0 Å². The van der Waals surface area contributed by atoms with Crippen LogP contribution in [0.5, 0.6) is 0 Å². The van der Waals surface area contributed by atoms with Gasteiger partial charge in [-0.3, -0.25) is 5.32 Å². The van der Waals surface area contributed by atoms with Crippen molar-refractivity contribution in [2.75, 3.05) is 18.5 Å². The zero-order chi connectivity index (χ0) is 16.9. The Labute approximate surface area is 139 Å². The van der Waals surface area contributed by atoms with E-state index < -0.39 is 11.4 Å². The van der Waals surface area contributed by atoms with E-state index in [1.807, 2.05) is 43.5 Å². The predicted molar refractivity (Wildman–Crippen MR) is 92.7 cm³/mol. The molecule has 0 saturated carbocycles. The second-order valence-electron chi connectivity index (χ2n) is 5.28. The molecule has 1 atom stereocenters. The van der Waals surface area contributed by atoms with Crippen LogP contribution in [0.2, 0.25) is 0 Å². The third-order valence-corrected chi connectivity index (χ3v) is 4.31. The lowest BCUT2D eigenvalue weighted by Crippen LogP contribution is -2.31. The van der Waals surface area contributed by atoms with Gasteiger partial charge in [0.15, 0.2) is 5.13 Å². The van der Waals surface area contributed by atoms with Crippen LogP contribution in [0.3, 0.4) is 0 Å². The maximum absolute atomic E-state index is 11.6. The van der Waals surface area contributed by atoms with E-state index in [-0.39, 0.29) is 13.2 Å². The number of amides is 2. The Morgan fingerprint density at radius 1 is 1.43 bits per heavy atom. The quantitative estimate of drug-likeness (QED) is 0.738. The number of hydrogen-bond acceptors (Lipinski definition) is 4. The van der Waals surface area contributed by atoms with E-state index in [2.05, 4.69) is 21.5 Å². The minimum absolute atomic E-state index is 0.112. The molecular formula is C17H19N3O2S. The topological polar surface area (TPSA) is 74.2 Å². The molecule has 2 aromatic rings. The van der Waals surface area contributed by atoms with Crippen molar-refractivity contribution >= 4 is 22.5 Å². The number of rotatable bonds is 5. The molecule has 23 heavy (non-hydrogen) atoms. The van der Waals surface area contributed by atoms with Crippen molar-refractivity contribution in [1.82, 2.24) is 10.3 Å². The maximum Gasteiger partial charge on any atom is 0.321 e. The van der Waals surface area contributed by atoms with Gasteiger partial charge in [-0.25, -0.2) is 9.78 Å². The summed E-state index contributed by atoms with van der Waals surface area (Å²) in [5.74, 6) is 2.81. The maximum atomic E-state index is 11.6. The zero-order valence-corrected chi connectivity index (χ0v) is 13.9. The van der Waals surface area contributed by atoms with Gasteiger partial charge in [0, 0.05) is 11.9 Å². The molecule has 0 aliphatic heterocycles. The number of terminal acetylenes is 1. The van der Waals surface area contributed by atoms with Crippen LogP contribution in [0.4, 0.5) is 9.93 Å². The molecule has 1 heterocycles. The van der Waals surface area contributed by atoms with Crippen LogP contribution in [0.1, 0.15) is 23.7 Å². The monoisotopic (exact) mass is 329 g/mol. The van der Waals surface area contributed by atoms with Gasteiger partial charge in [-0.1, -0.05) is 35.7 Å². The number of anilines is 1. The molecule has 0 unspecified atom stereocenters. The summed E-state index contributed by atoms with van der Waals surface area (Å²) in [6, 6.07) is 7.61. The Bertz CT molecular complexity index is 718. The normalized spacial score (nSPS) is 13.0. The number of carbonyl (C=O) groups is 1. The van der Waals surface area contributed by atoms with Crippen molar-refractivity contribution in [3.63, 3.8) is 0 Å². The molecule has 1 aromatic heterocycles. The van der Waals surface area contributed by atoms with Crippen LogP contribution < -0.4 is 10.6 Å². The number of hydrogen-bond donors (Lipinski definition) is 3. The lowest BCUT2D eigenvalue weighted by Gasteiger charge is -2.22. The first kappa shape index (κ1) is 17.0. The second-order valence-corrected chi connectivity index (χ2v) is 6.14. The van der Waals surface area contributed by atoms with Crippen LogP contribution >= 0.6 is 11.3 Å². The van der Waals surface area contributed by atoms with Crippen LogP contribution in [0, 0.1) is 19.3 Å². The first-order valence-corrected chi connectivity index (χ1v) is 8.04. The molecule has 0 spiro atoms. The summed E-state index contributed by atoms with van der Waals surface area (Å²) >= 11 is 1.31. The molecule has 0 saturated heterocycles. The molecule has 5 nitrogen and oxygen atoms in total. The lowest BCUT2D eigenvalue weighted by atomic mass is 9.80. The SMILES string of the molecule is C#C[C@@](C)(c1ccc(C)cc1)c1csc(NC(=O)NCCO)n1. The average molecular weight is 329 g/mol. The van der Waals surface area contributed by atoms with E-state index in [0.29, 0.717) is 10.8 Å². The van der Waals surface area contributed by atoms with Gasteiger partial charge >= 0.3 is 6.03 Å². The molecule has 120 valence electrons. The van der Waals surface area contributed by atoms with E-state index >= 15 is 0 Å². The summed E-state index contributed by atoms with van der Waals surface area (Å²) in [7, 11) is 0. The molecule has 0 aliphatic rings. The summed E-state index contributed by atoms with van der Waals surface area (Å²) in [4.78, 5) is 16.0. The number of thiazole rings is 1. The Balaban J connectivity index is 2.21. The number of aliphatic hydroxyl groups excluding tert-OH is 1. The number of aryl methyl sites for hydroxylation is 1. The molecule has 0 radical (unpaired) electrons. The smallest absolute Gasteiger partial charge is 0.321 e. The fourth-order valence-corrected chi connectivity index (χ4v) is 2.88. The van der Waals surface area contributed by atoms with E-state index in [0.717, 1.165) is 11.1 Å². The number of aromatic nitrogens is 1. The zero-order valence-electron chi connectivity index (χ0n) is 13.1. The Kier molecular flexibility index (Phi) is 5.37. The standard InChI is InChI=1S/C17H19N3O2S/c1-4-17(3,13-7-5-12(2)6-8-13)14-11-23-16(19-14)20-15(22)18-9-10-21/h1,5-8,11,21H,9-10H2,2-3H3,(H2,18,19,20,22)/t17-/m0/s1. The minimum Gasteiger partial charge on any atom is -0.395 e. The predicted octanol–water partition coefficient (Wildman–Crippen LogP) is 2.50. The third kappa shape index (κ3) is 3.89. The van der Waals surface area contributed by atoms with Crippen molar-refractivity contribution in [3.8, 4) is 12.3 Å². The summed E-state index contributed by atoms with van der Waals surface area (Å²) in [6.07, 6.45) is 5.77. The number of nitrogens with one attached hydrogen (secondary N) is 2. The Hall–Kier alpha value is -2.36. The first-order valence-electron chi connectivity index (χ1n) is 7.16. The van der Waals surface area contributed by atoms with Crippen LogP contribution in [0.25, 0.3) is 0 Å². The van der Waals surface area contributed by atoms with Gasteiger partial charge in [-0.2, -0.15) is 0 Å². The molecule has 3 N–H and O–H groups in total. The average Bonchev–Trinajstić information content (AvgIpc) is 3.01. The molecule has 0 aliphatic carbocycles. The van der Waals surface area contributed by atoms with E-state index in [1.165, 1.54) is 11.3 Å².